The van der Waals surface area contributed by atoms with Crippen LogP contribution in [0.3, 0.4) is 0 Å². The average molecular weight is 234 g/mol. The van der Waals surface area contributed by atoms with Crippen molar-refractivity contribution in [3.05, 3.63) is 24.5 Å². The molecule has 17 heavy (non-hydrogen) atoms. The minimum absolute atomic E-state index is 0.147. The quantitative estimate of drug-likeness (QED) is 0.825. The molecule has 1 fully saturated rings. The molecular weight excluding hydrogens is 216 g/mol. The number of likely N-dealkylation sites (tertiary alicyclic amines) is 1. The second-order valence-electron chi connectivity index (χ2n) is 4.49. The monoisotopic (exact) mass is 234 g/mol. The van der Waals surface area contributed by atoms with Gasteiger partial charge in [0.1, 0.15) is 0 Å². The Hall–Kier alpha value is -1.62. The zero-order valence-corrected chi connectivity index (χ0v) is 10.0. The van der Waals surface area contributed by atoms with Crippen LogP contribution in [0.1, 0.15) is 6.42 Å². The van der Waals surface area contributed by atoms with Crippen LogP contribution in [0.15, 0.2) is 24.5 Å². The van der Waals surface area contributed by atoms with Crippen LogP contribution in [0.2, 0.25) is 0 Å². The molecule has 0 aliphatic carbocycles. The minimum Gasteiger partial charge on any atom is -0.338 e. The van der Waals surface area contributed by atoms with E-state index in [4.69, 9.17) is 0 Å². The van der Waals surface area contributed by atoms with Gasteiger partial charge in [0.2, 0.25) is 0 Å². The van der Waals surface area contributed by atoms with Gasteiger partial charge >= 0.3 is 6.03 Å². The highest BCUT2D eigenvalue weighted by atomic mass is 16.2. The molecule has 1 aliphatic heterocycles. The third kappa shape index (κ3) is 3.71. The topological polar surface area (TPSA) is 57.3 Å². The molecule has 2 N–H and O–H groups in total. The molecule has 0 aromatic carbocycles. The van der Waals surface area contributed by atoms with E-state index in [1.165, 1.54) is 0 Å². The van der Waals surface area contributed by atoms with E-state index in [9.17, 15) is 4.79 Å². The van der Waals surface area contributed by atoms with Crippen LogP contribution in [0.5, 0.6) is 0 Å². The Morgan fingerprint density at radius 2 is 2.29 bits per heavy atom. The molecule has 0 bridgehead atoms. The van der Waals surface area contributed by atoms with Crippen molar-refractivity contribution in [1.29, 1.82) is 0 Å². The molecule has 92 valence electrons. The van der Waals surface area contributed by atoms with E-state index in [0.29, 0.717) is 5.92 Å². The summed E-state index contributed by atoms with van der Waals surface area (Å²) in [6.45, 7) is 2.93. The number of pyridine rings is 1. The molecule has 0 saturated carbocycles. The predicted octanol–water partition coefficient (Wildman–Crippen LogP) is 1.15. The van der Waals surface area contributed by atoms with E-state index >= 15 is 0 Å². The van der Waals surface area contributed by atoms with E-state index in [0.717, 1.165) is 31.7 Å². The van der Waals surface area contributed by atoms with Gasteiger partial charge in [0.15, 0.2) is 0 Å². The van der Waals surface area contributed by atoms with E-state index in [2.05, 4.69) is 27.6 Å². The summed E-state index contributed by atoms with van der Waals surface area (Å²) < 4.78 is 0. The van der Waals surface area contributed by atoms with Crippen LogP contribution in [-0.4, -0.2) is 42.6 Å². The maximum Gasteiger partial charge on any atom is 0.319 e. The second-order valence-corrected chi connectivity index (χ2v) is 4.49. The lowest BCUT2D eigenvalue weighted by molar-refractivity contribution is 0.250. The molecule has 0 spiro atoms. The van der Waals surface area contributed by atoms with Crippen LogP contribution in [-0.2, 0) is 0 Å². The number of amides is 2. The number of urea groups is 1. The fourth-order valence-corrected chi connectivity index (χ4v) is 2.04. The van der Waals surface area contributed by atoms with Crippen molar-refractivity contribution in [2.75, 3.05) is 32.0 Å². The lowest BCUT2D eigenvalue weighted by Crippen LogP contribution is -2.33. The highest BCUT2D eigenvalue weighted by molar-refractivity contribution is 5.89. The molecule has 2 amide bonds. The van der Waals surface area contributed by atoms with Crippen molar-refractivity contribution >= 4 is 11.7 Å². The van der Waals surface area contributed by atoms with Crippen molar-refractivity contribution in [2.24, 2.45) is 5.92 Å². The Morgan fingerprint density at radius 3 is 2.94 bits per heavy atom. The maximum absolute atomic E-state index is 11.6. The maximum atomic E-state index is 11.6. The average Bonchev–Trinajstić information content (AvgIpc) is 2.74. The van der Waals surface area contributed by atoms with E-state index in [-0.39, 0.29) is 6.03 Å². The Labute approximate surface area is 101 Å². The molecule has 0 radical (unpaired) electrons. The molecule has 0 unspecified atom stereocenters. The number of nitrogens with zero attached hydrogens (tertiary/aromatic N) is 2. The smallest absolute Gasteiger partial charge is 0.319 e. The molecule has 1 saturated heterocycles. The first-order chi connectivity index (χ1) is 8.24. The Balaban J connectivity index is 1.71. The van der Waals surface area contributed by atoms with Gasteiger partial charge in [-0.1, -0.05) is 0 Å². The first-order valence-electron chi connectivity index (χ1n) is 5.87. The van der Waals surface area contributed by atoms with Gasteiger partial charge in [-0.2, -0.15) is 0 Å². The van der Waals surface area contributed by atoms with Crippen molar-refractivity contribution in [3.63, 3.8) is 0 Å². The van der Waals surface area contributed by atoms with Gasteiger partial charge < -0.3 is 15.5 Å². The predicted molar refractivity (Wildman–Crippen MR) is 66.9 cm³/mol. The number of hydrogen-bond donors (Lipinski definition) is 2. The van der Waals surface area contributed by atoms with Crippen LogP contribution >= 0.6 is 0 Å². The number of hydrogen-bond acceptors (Lipinski definition) is 3. The summed E-state index contributed by atoms with van der Waals surface area (Å²) in [5.74, 6) is 0.572. The highest BCUT2D eigenvalue weighted by Gasteiger charge is 2.19. The summed E-state index contributed by atoms with van der Waals surface area (Å²) >= 11 is 0. The van der Waals surface area contributed by atoms with Gasteiger partial charge in [-0.3, -0.25) is 4.98 Å². The number of anilines is 1. The third-order valence-electron chi connectivity index (χ3n) is 2.98. The summed E-state index contributed by atoms with van der Waals surface area (Å²) in [5.41, 5.74) is 0.765. The van der Waals surface area contributed by atoms with Gasteiger partial charge in [-0.25, -0.2) is 4.79 Å². The van der Waals surface area contributed by atoms with Crippen LogP contribution in [0.4, 0.5) is 10.5 Å². The molecule has 5 nitrogen and oxygen atoms in total. The highest BCUT2D eigenvalue weighted by Crippen LogP contribution is 2.12. The summed E-state index contributed by atoms with van der Waals surface area (Å²) in [7, 11) is 2.11. The SMILES string of the molecule is CN1CC[C@H](CNC(=O)Nc2ccncc2)C1. The molecule has 1 aromatic heterocycles. The van der Waals surface area contributed by atoms with Crippen LogP contribution in [0.25, 0.3) is 0 Å². The van der Waals surface area contributed by atoms with Crippen molar-refractivity contribution in [1.82, 2.24) is 15.2 Å². The number of carbonyl (C=O) groups is 1. The summed E-state index contributed by atoms with van der Waals surface area (Å²) in [5, 5.41) is 5.67. The van der Waals surface area contributed by atoms with Gasteiger partial charge in [0.25, 0.3) is 0 Å². The van der Waals surface area contributed by atoms with Gasteiger partial charge in [-0.15, -0.1) is 0 Å². The first-order valence-corrected chi connectivity index (χ1v) is 5.87. The molecular formula is C12H18N4O. The van der Waals surface area contributed by atoms with Gasteiger partial charge in [-0.05, 0) is 38.1 Å². The number of aromatic nitrogens is 1. The molecule has 2 rings (SSSR count). The van der Waals surface area contributed by atoms with Crippen molar-refractivity contribution in [3.8, 4) is 0 Å². The third-order valence-corrected chi connectivity index (χ3v) is 2.98. The van der Waals surface area contributed by atoms with Gasteiger partial charge in [0.05, 0.1) is 0 Å². The van der Waals surface area contributed by atoms with Crippen LogP contribution < -0.4 is 10.6 Å². The standard InChI is InChI=1S/C12H18N4O/c1-16-7-4-10(9-16)8-14-12(17)15-11-2-5-13-6-3-11/h2-3,5-6,10H,4,7-9H2,1H3,(H2,13,14,15,17)/t10-/m1/s1. The first kappa shape index (κ1) is 11.9. The number of carbonyl (C=O) groups excluding carboxylic acids is 1. The largest absolute Gasteiger partial charge is 0.338 e. The molecule has 1 atom stereocenters. The van der Waals surface area contributed by atoms with Crippen molar-refractivity contribution < 1.29 is 4.79 Å². The van der Waals surface area contributed by atoms with E-state index in [1.807, 2.05) is 0 Å². The Morgan fingerprint density at radius 1 is 1.53 bits per heavy atom. The fraction of sp³-hybridized carbons (Fsp3) is 0.500. The zero-order chi connectivity index (χ0) is 12.1. The normalized spacial score (nSPS) is 20.2. The lowest BCUT2D eigenvalue weighted by atomic mass is 10.1. The second kappa shape index (κ2) is 5.63. The van der Waals surface area contributed by atoms with E-state index < -0.39 is 0 Å². The molecule has 2 heterocycles. The summed E-state index contributed by atoms with van der Waals surface area (Å²) in [4.78, 5) is 17.8. The summed E-state index contributed by atoms with van der Waals surface area (Å²) in [6, 6.07) is 3.39. The minimum atomic E-state index is -0.147. The number of nitrogens with one attached hydrogen (secondary N) is 2. The fourth-order valence-electron chi connectivity index (χ4n) is 2.04. The molecule has 1 aromatic rings. The Bertz CT molecular complexity index is 368. The Kier molecular flexibility index (Phi) is 3.93. The zero-order valence-electron chi connectivity index (χ0n) is 10.0. The van der Waals surface area contributed by atoms with E-state index in [1.54, 1.807) is 24.5 Å². The molecule has 5 heteroatoms. The summed E-state index contributed by atoms with van der Waals surface area (Å²) in [6.07, 6.45) is 4.47. The van der Waals surface area contributed by atoms with Crippen LogP contribution in [0, 0.1) is 5.92 Å². The molecule has 1 aliphatic rings. The lowest BCUT2D eigenvalue weighted by Gasteiger charge is -2.12. The number of rotatable bonds is 3. The van der Waals surface area contributed by atoms with Gasteiger partial charge in [0, 0.05) is 31.2 Å². The van der Waals surface area contributed by atoms with Crippen molar-refractivity contribution in [2.45, 2.75) is 6.42 Å².